The second kappa shape index (κ2) is 5.46. The fraction of sp³-hybridized carbons (Fsp3) is 0.375. The van der Waals surface area contributed by atoms with E-state index in [1.54, 1.807) is 13.3 Å². The van der Waals surface area contributed by atoms with Gasteiger partial charge in [-0.2, -0.15) is 4.98 Å². The summed E-state index contributed by atoms with van der Waals surface area (Å²) in [6.07, 6.45) is 1.68. The topological polar surface area (TPSA) is 62.7 Å². The van der Waals surface area contributed by atoms with E-state index in [1.807, 2.05) is 32.0 Å². The summed E-state index contributed by atoms with van der Waals surface area (Å²) in [6, 6.07) is 6.09. The number of hydrogen-bond acceptors (Lipinski definition) is 6. The van der Waals surface area contributed by atoms with Crippen LogP contribution >= 0.6 is 0 Å². The standard InChI is InChI=1S/C16H18N2O4/c1-16(2)21-9-12-10(6-5-7-13(12)22-16)11-8-17-15(20-4)18-14(11)19-3/h5-8H,9H2,1-4H3. The minimum absolute atomic E-state index is 0.263. The number of methoxy groups -OCH3 is 2. The third-order valence-corrected chi connectivity index (χ3v) is 3.45. The number of nitrogens with zero attached hydrogens (tertiary/aromatic N) is 2. The van der Waals surface area contributed by atoms with Crippen molar-refractivity contribution in [3.8, 4) is 28.8 Å². The Labute approximate surface area is 129 Å². The summed E-state index contributed by atoms with van der Waals surface area (Å²) in [4.78, 5) is 8.39. The van der Waals surface area contributed by atoms with Gasteiger partial charge < -0.3 is 18.9 Å². The summed E-state index contributed by atoms with van der Waals surface area (Å²) in [5.74, 6) is 0.614. The van der Waals surface area contributed by atoms with Gasteiger partial charge in [-0.3, -0.25) is 0 Å². The maximum absolute atomic E-state index is 5.87. The molecule has 1 aromatic carbocycles. The van der Waals surface area contributed by atoms with Gasteiger partial charge in [-0.05, 0) is 11.6 Å². The first-order valence-electron chi connectivity index (χ1n) is 6.94. The lowest BCUT2D eigenvalue weighted by atomic mass is 10.00. The fourth-order valence-corrected chi connectivity index (χ4v) is 2.39. The molecule has 2 heterocycles. The average molecular weight is 302 g/mol. The Morgan fingerprint density at radius 1 is 1.14 bits per heavy atom. The van der Waals surface area contributed by atoms with E-state index in [0.29, 0.717) is 12.5 Å². The predicted octanol–water partition coefficient (Wildman–Crippen LogP) is 2.81. The number of rotatable bonds is 3. The van der Waals surface area contributed by atoms with Crippen LogP contribution in [0.1, 0.15) is 19.4 Å². The van der Waals surface area contributed by atoms with Gasteiger partial charge in [0, 0.05) is 25.6 Å². The molecule has 2 aromatic rings. The minimum Gasteiger partial charge on any atom is -0.480 e. The molecule has 0 N–H and O–H groups in total. The Bertz CT molecular complexity index is 701. The first-order valence-corrected chi connectivity index (χ1v) is 6.94. The molecule has 0 amide bonds. The van der Waals surface area contributed by atoms with Crippen molar-refractivity contribution in [2.45, 2.75) is 26.2 Å². The molecule has 6 nitrogen and oxygen atoms in total. The van der Waals surface area contributed by atoms with Crippen LogP contribution in [0, 0.1) is 0 Å². The van der Waals surface area contributed by atoms with Gasteiger partial charge in [0.15, 0.2) is 0 Å². The number of benzene rings is 1. The smallest absolute Gasteiger partial charge is 0.319 e. The molecule has 0 saturated heterocycles. The molecule has 3 rings (SSSR count). The molecule has 0 atom stereocenters. The van der Waals surface area contributed by atoms with Crippen molar-refractivity contribution >= 4 is 0 Å². The number of fused-ring (bicyclic) bond motifs is 1. The van der Waals surface area contributed by atoms with E-state index in [1.165, 1.54) is 7.11 Å². The molecular formula is C16H18N2O4. The van der Waals surface area contributed by atoms with Gasteiger partial charge >= 0.3 is 6.01 Å². The summed E-state index contributed by atoms with van der Waals surface area (Å²) in [7, 11) is 3.08. The highest BCUT2D eigenvalue weighted by molar-refractivity contribution is 5.73. The highest BCUT2D eigenvalue weighted by Crippen LogP contribution is 2.40. The maximum Gasteiger partial charge on any atom is 0.319 e. The van der Waals surface area contributed by atoms with Gasteiger partial charge in [0.1, 0.15) is 5.75 Å². The van der Waals surface area contributed by atoms with Crippen molar-refractivity contribution in [3.63, 3.8) is 0 Å². The highest BCUT2D eigenvalue weighted by atomic mass is 16.7. The lowest BCUT2D eigenvalue weighted by molar-refractivity contribution is -0.179. The predicted molar refractivity (Wildman–Crippen MR) is 80.1 cm³/mol. The molecule has 6 heteroatoms. The average Bonchev–Trinajstić information content (AvgIpc) is 2.52. The zero-order chi connectivity index (χ0) is 15.7. The Morgan fingerprint density at radius 2 is 1.95 bits per heavy atom. The molecular weight excluding hydrogens is 284 g/mol. The molecule has 116 valence electrons. The van der Waals surface area contributed by atoms with Crippen LogP contribution < -0.4 is 14.2 Å². The Kier molecular flexibility index (Phi) is 3.62. The highest BCUT2D eigenvalue weighted by Gasteiger charge is 2.29. The summed E-state index contributed by atoms with van der Waals surface area (Å²) >= 11 is 0. The lowest BCUT2D eigenvalue weighted by Gasteiger charge is -2.33. The summed E-state index contributed by atoms with van der Waals surface area (Å²) in [5, 5.41) is 0. The van der Waals surface area contributed by atoms with Crippen LogP contribution in [0.15, 0.2) is 24.4 Å². The Balaban J connectivity index is 2.10. The van der Waals surface area contributed by atoms with E-state index >= 15 is 0 Å². The van der Waals surface area contributed by atoms with Crippen LogP contribution in [-0.4, -0.2) is 30.0 Å². The molecule has 0 fully saturated rings. The van der Waals surface area contributed by atoms with Crippen LogP contribution in [0.3, 0.4) is 0 Å². The largest absolute Gasteiger partial charge is 0.480 e. The van der Waals surface area contributed by atoms with Gasteiger partial charge in [-0.1, -0.05) is 12.1 Å². The van der Waals surface area contributed by atoms with Gasteiger partial charge in [0.2, 0.25) is 11.7 Å². The number of hydrogen-bond donors (Lipinski definition) is 0. The van der Waals surface area contributed by atoms with Crippen LogP contribution in [-0.2, 0) is 11.3 Å². The third kappa shape index (κ3) is 2.57. The third-order valence-electron chi connectivity index (χ3n) is 3.45. The monoisotopic (exact) mass is 302 g/mol. The molecule has 1 aromatic heterocycles. The van der Waals surface area contributed by atoms with Crippen LogP contribution in [0.25, 0.3) is 11.1 Å². The van der Waals surface area contributed by atoms with Gasteiger partial charge in [-0.15, -0.1) is 0 Å². The molecule has 0 unspecified atom stereocenters. The van der Waals surface area contributed by atoms with Crippen molar-refractivity contribution < 1.29 is 18.9 Å². The summed E-state index contributed by atoms with van der Waals surface area (Å²) in [6.45, 7) is 4.23. The van der Waals surface area contributed by atoms with E-state index in [0.717, 1.165) is 22.4 Å². The number of aromatic nitrogens is 2. The zero-order valence-electron chi connectivity index (χ0n) is 13.0. The van der Waals surface area contributed by atoms with Gasteiger partial charge in [0.05, 0.1) is 26.4 Å². The van der Waals surface area contributed by atoms with E-state index in [-0.39, 0.29) is 6.01 Å². The van der Waals surface area contributed by atoms with E-state index < -0.39 is 5.79 Å². The zero-order valence-corrected chi connectivity index (χ0v) is 13.0. The van der Waals surface area contributed by atoms with Gasteiger partial charge in [0.25, 0.3) is 0 Å². The normalized spacial score (nSPS) is 15.6. The van der Waals surface area contributed by atoms with Crippen LogP contribution in [0.4, 0.5) is 0 Å². The summed E-state index contributed by atoms with van der Waals surface area (Å²) in [5.41, 5.74) is 2.65. The van der Waals surface area contributed by atoms with E-state index in [4.69, 9.17) is 18.9 Å². The Hall–Kier alpha value is -2.34. The Morgan fingerprint density at radius 3 is 2.68 bits per heavy atom. The number of ether oxygens (including phenoxy) is 4. The second-order valence-electron chi connectivity index (χ2n) is 5.35. The molecule has 1 aliphatic rings. The lowest BCUT2D eigenvalue weighted by Crippen LogP contribution is -2.35. The van der Waals surface area contributed by atoms with Crippen molar-refractivity contribution in [3.05, 3.63) is 30.0 Å². The molecule has 1 aliphatic heterocycles. The van der Waals surface area contributed by atoms with E-state index in [9.17, 15) is 0 Å². The van der Waals surface area contributed by atoms with E-state index in [2.05, 4.69) is 9.97 Å². The quantitative estimate of drug-likeness (QED) is 0.869. The molecule has 0 aliphatic carbocycles. The van der Waals surface area contributed by atoms with Crippen molar-refractivity contribution in [2.24, 2.45) is 0 Å². The summed E-state index contributed by atoms with van der Waals surface area (Å²) < 4.78 is 22.0. The minimum atomic E-state index is -0.633. The molecule has 0 spiro atoms. The SMILES string of the molecule is COc1ncc(-c2cccc3c2COC(C)(C)O3)c(OC)n1. The molecule has 0 radical (unpaired) electrons. The fourth-order valence-electron chi connectivity index (χ4n) is 2.39. The first kappa shape index (κ1) is 14.6. The van der Waals surface area contributed by atoms with Crippen molar-refractivity contribution in [1.29, 1.82) is 0 Å². The molecule has 0 saturated carbocycles. The first-order chi connectivity index (χ1) is 10.5. The van der Waals surface area contributed by atoms with Crippen LogP contribution in [0.2, 0.25) is 0 Å². The second-order valence-corrected chi connectivity index (χ2v) is 5.35. The molecule has 0 bridgehead atoms. The van der Waals surface area contributed by atoms with Crippen LogP contribution in [0.5, 0.6) is 17.6 Å². The van der Waals surface area contributed by atoms with Crippen molar-refractivity contribution in [1.82, 2.24) is 9.97 Å². The molecule has 22 heavy (non-hydrogen) atoms. The van der Waals surface area contributed by atoms with Gasteiger partial charge in [-0.25, -0.2) is 4.98 Å². The maximum atomic E-state index is 5.87. The van der Waals surface area contributed by atoms with Crippen molar-refractivity contribution in [2.75, 3.05) is 14.2 Å².